The number of hydrogen-bond acceptors (Lipinski definition) is 5. The molecule has 1 atom stereocenters. The van der Waals surface area contributed by atoms with Crippen molar-refractivity contribution in [2.24, 2.45) is 0 Å². The summed E-state index contributed by atoms with van der Waals surface area (Å²) in [4.78, 5) is 4.39. The third-order valence-electron chi connectivity index (χ3n) is 2.86. The Morgan fingerprint density at radius 2 is 2.14 bits per heavy atom. The van der Waals surface area contributed by atoms with Crippen molar-refractivity contribution in [2.45, 2.75) is 0 Å². The van der Waals surface area contributed by atoms with Gasteiger partial charge in [-0.25, -0.2) is 0 Å². The first-order valence-electron chi connectivity index (χ1n) is 4.50. The number of hydrazine groups is 2. The molecule has 1 aromatic rings. The molecule has 78 valence electrons. The van der Waals surface area contributed by atoms with Crippen molar-refractivity contribution in [2.75, 3.05) is 34.9 Å². The number of thiazole rings is 1. The van der Waals surface area contributed by atoms with E-state index in [4.69, 9.17) is 0 Å². The molecule has 0 aliphatic carbocycles. The molecule has 1 saturated heterocycles. The van der Waals surface area contributed by atoms with Gasteiger partial charge in [-0.05, 0) is 0 Å². The molecule has 0 aromatic carbocycles. The molecule has 2 rings (SSSR count). The second-order valence-corrected chi connectivity index (χ2v) is 4.61. The molecule has 1 aliphatic rings. The Hall–Kier alpha value is -0.530. The molecule has 0 N–H and O–H groups in total. The molecule has 1 fully saturated rings. The van der Waals surface area contributed by atoms with Crippen LogP contribution in [-0.2, 0) is 0 Å². The number of nitrogens with zero attached hydrogens (tertiary/aromatic N) is 5. The minimum absolute atomic E-state index is 0.713. The van der Waals surface area contributed by atoms with Gasteiger partial charge in [0.25, 0.3) is 0 Å². The van der Waals surface area contributed by atoms with Crippen LogP contribution in [0.1, 0.15) is 0 Å². The van der Waals surface area contributed by atoms with Gasteiger partial charge in [-0.3, -0.25) is 0 Å². The highest BCUT2D eigenvalue weighted by Gasteiger charge is 2.45. The molecular weight excluding hydrogens is 198 g/mol. The van der Waals surface area contributed by atoms with E-state index in [1.165, 1.54) is 0 Å². The van der Waals surface area contributed by atoms with Gasteiger partial charge in [0.05, 0.1) is 14.1 Å². The van der Waals surface area contributed by atoms with Gasteiger partial charge in [-0.15, -0.1) is 5.12 Å². The Balaban J connectivity index is 2.34. The van der Waals surface area contributed by atoms with Crippen LogP contribution in [0.5, 0.6) is 0 Å². The average Bonchev–Trinajstić information content (AvgIpc) is 2.73. The van der Waals surface area contributed by atoms with Crippen molar-refractivity contribution in [3.05, 3.63) is 11.6 Å². The molecule has 14 heavy (non-hydrogen) atoms. The fourth-order valence-corrected chi connectivity index (χ4v) is 2.49. The van der Waals surface area contributed by atoms with Crippen molar-refractivity contribution in [3.8, 4) is 0 Å². The monoisotopic (exact) mass is 214 g/mol. The third kappa shape index (κ3) is 1.27. The molecule has 0 amide bonds. The van der Waals surface area contributed by atoms with Gasteiger partial charge in [-0.2, -0.15) is 14.6 Å². The lowest BCUT2D eigenvalue weighted by molar-refractivity contribution is -0.122. The van der Waals surface area contributed by atoms with Crippen molar-refractivity contribution in [1.29, 1.82) is 0 Å². The molecule has 6 heteroatoms. The Bertz CT molecular complexity index is 314. The Morgan fingerprint density at radius 1 is 1.43 bits per heavy atom. The molecular formula is C8H16N5S+. The number of hydrogen-bond donors (Lipinski definition) is 0. The minimum atomic E-state index is 0.713. The van der Waals surface area contributed by atoms with Crippen molar-refractivity contribution in [3.63, 3.8) is 0 Å². The molecule has 0 radical (unpaired) electrons. The van der Waals surface area contributed by atoms with Crippen LogP contribution in [-0.4, -0.2) is 55.1 Å². The highest BCUT2D eigenvalue weighted by atomic mass is 32.1. The molecule has 0 bridgehead atoms. The summed E-state index contributed by atoms with van der Waals surface area (Å²) in [7, 11) is 8.37. The molecule has 2 heterocycles. The van der Waals surface area contributed by atoms with E-state index in [-0.39, 0.29) is 0 Å². The van der Waals surface area contributed by atoms with Crippen LogP contribution < -0.4 is 4.59 Å². The predicted molar refractivity (Wildman–Crippen MR) is 58.0 cm³/mol. The summed E-state index contributed by atoms with van der Waals surface area (Å²) >= 11 is 1.69. The lowest BCUT2D eigenvalue weighted by Crippen LogP contribution is -2.54. The number of aromatic nitrogens is 1. The zero-order valence-corrected chi connectivity index (χ0v) is 9.82. The van der Waals surface area contributed by atoms with Crippen molar-refractivity contribution >= 4 is 16.5 Å². The average molecular weight is 214 g/mol. The van der Waals surface area contributed by atoms with Crippen LogP contribution >= 0.6 is 11.3 Å². The largest absolute Gasteiger partial charge is 0.308 e. The zero-order valence-electron chi connectivity index (χ0n) is 9.01. The summed E-state index contributed by atoms with van der Waals surface area (Å²) in [6, 6.07) is 0. The molecule has 1 aliphatic heterocycles. The molecule has 0 spiro atoms. The van der Waals surface area contributed by atoms with Gasteiger partial charge in [0.15, 0.2) is 6.67 Å². The van der Waals surface area contributed by atoms with Crippen LogP contribution in [0.4, 0.5) is 5.13 Å². The molecule has 1 unspecified atom stereocenters. The quantitative estimate of drug-likeness (QED) is 0.638. The van der Waals surface area contributed by atoms with Crippen LogP contribution in [0.3, 0.4) is 0 Å². The van der Waals surface area contributed by atoms with Crippen LogP contribution in [0, 0.1) is 0 Å². The van der Waals surface area contributed by atoms with E-state index in [1.807, 2.05) is 11.6 Å². The predicted octanol–water partition coefficient (Wildman–Crippen LogP) is 0.592. The first kappa shape index (κ1) is 10.0. The summed E-state index contributed by atoms with van der Waals surface area (Å²) in [5, 5.41) is 9.57. The maximum Gasteiger partial charge on any atom is 0.308 e. The van der Waals surface area contributed by atoms with E-state index in [2.05, 4.69) is 48.4 Å². The number of rotatable bonds is 1. The zero-order chi connectivity index (χ0) is 10.3. The van der Waals surface area contributed by atoms with Gasteiger partial charge in [0, 0.05) is 25.7 Å². The molecule has 0 saturated carbocycles. The summed E-state index contributed by atoms with van der Waals surface area (Å²) in [6.45, 7) is 0.917. The van der Waals surface area contributed by atoms with Crippen LogP contribution in [0.2, 0.25) is 0 Å². The topological polar surface area (TPSA) is 22.6 Å². The maximum absolute atomic E-state index is 4.39. The smallest absolute Gasteiger partial charge is 0.192 e. The van der Waals surface area contributed by atoms with E-state index in [0.717, 1.165) is 11.8 Å². The Morgan fingerprint density at radius 3 is 2.57 bits per heavy atom. The van der Waals surface area contributed by atoms with Crippen LogP contribution in [0.25, 0.3) is 0 Å². The highest BCUT2D eigenvalue weighted by molar-refractivity contribution is 7.13. The lowest BCUT2D eigenvalue weighted by Gasteiger charge is -2.30. The fraction of sp³-hybridized carbons (Fsp3) is 0.625. The summed E-state index contributed by atoms with van der Waals surface area (Å²) in [6.07, 6.45) is 1.86. The highest BCUT2D eigenvalue weighted by Crippen LogP contribution is 2.30. The fourth-order valence-electron chi connectivity index (χ4n) is 1.73. The standard InChI is InChI=1S/C8H16N5S/c1-10-7-13(4,12(3)11(10)2)8-9-5-6-14-8/h5-6H,7H2,1-4H3/q+1. The normalized spacial score (nSPS) is 31.4. The van der Waals surface area contributed by atoms with Crippen molar-refractivity contribution < 1.29 is 0 Å². The summed E-state index contributed by atoms with van der Waals surface area (Å²) in [5.74, 6) is 0. The van der Waals surface area contributed by atoms with Gasteiger partial charge < -0.3 is 0 Å². The van der Waals surface area contributed by atoms with Gasteiger partial charge >= 0.3 is 5.13 Å². The summed E-state index contributed by atoms with van der Waals surface area (Å²) in [5.41, 5.74) is 0. The second kappa shape index (κ2) is 3.25. The third-order valence-corrected chi connectivity index (χ3v) is 3.83. The molecule has 1 aromatic heterocycles. The van der Waals surface area contributed by atoms with Gasteiger partial charge in [-0.1, -0.05) is 16.5 Å². The van der Waals surface area contributed by atoms with Gasteiger partial charge in [0.2, 0.25) is 0 Å². The van der Waals surface area contributed by atoms with E-state index in [9.17, 15) is 0 Å². The van der Waals surface area contributed by atoms with Crippen LogP contribution in [0.15, 0.2) is 11.6 Å². The number of quaternary nitrogens is 1. The lowest BCUT2D eigenvalue weighted by atomic mass is 10.7. The van der Waals surface area contributed by atoms with E-state index in [0.29, 0.717) is 4.59 Å². The first-order chi connectivity index (χ1) is 6.55. The SMILES string of the molecule is CN1C[N+](C)(c2nccs2)N(C)N1C. The van der Waals surface area contributed by atoms with E-state index < -0.39 is 0 Å². The minimum Gasteiger partial charge on any atom is -0.192 e. The van der Waals surface area contributed by atoms with E-state index >= 15 is 0 Å². The Kier molecular flexibility index (Phi) is 2.32. The first-order valence-corrected chi connectivity index (χ1v) is 5.38. The Labute approximate surface area is 88.3 Å². The maximum atomic E-state index is 4.39. The molecule has 5 nitrogen and oxygen atoms in total. The van der Waals surface area contributed by atoms with Crippen molar-refractivity contribution in [1.82, 2.24) is 24.8 Å². The van der Waals surface area contributed by atoms with E-state index in [1.54, 1.807) is 11.3 Å². The second-order valence-electron chi connectivity index (χ2n) is 3.73. The summed E-state index contributed by atoms with van der Waals surface area (Å²) < 4.78 is 0.713. The van der Waals surface area contributed by atoms with Gasteiger partial charge in [0.1, 0.15) is 0 Å².